The first-order valence-electron chi connectivity index (χ1n) is 11.3. The average molecular weight is 556 g/mol. The lowest BCUT2D eigenvalue weighted by molar-refractivity contribution is 0.177. The van der Waals surface area contributed by atoms with E-state index in [1.165, 1.54) is 11.1 Å². The molecule has 1 aliphatic heterocycles. The van der Waals surface area contributed by atoms with Crippen LogP contribution in [-0.2, 0) is 30.7 Å². The fourth-order valence-corrected chi connectivity index (χ4v) is 3.90. The molecule has 0 fully saturated rings. The maximum Gasteiger partial charge on any atom is 0.191 e. The molecule has 1 aromatic heterocycles. The lowest BCUT2D eigenvalue weighted by atomic mass is 10.0. The Bertz CT molecular complexity index is 851. The lowest BCUT2D eigenvalue weighted by Gasteiger charge is -2.27. The zero-order valence-corrected chi connectivity index (χ0v) is 22.3. The van der Waals surface area contributed by atoms with Crippen LogP contribution in [0.1, 0.15) is 49.1 Å². The Balaban J connectivity index is 0.00000363. The van der Waals surface area contributed by atoms with Crippen LogP contribution in [0.3, 0.4) is 0 Å². The van der Waals surface area contributed by atoms with Crippen LogP contribution in [0.15, 0.2) is 29.3 Å². The van der Waals surface area contributed by atoms with E-state index >= 15 is 0 Å². The quantitative estimate of drug-likeness (QED) is 0.282. The standard InChI is InChI=1S/C23H37N7O.HI/c1-6-17-8-10-18(11-9-17)20(29(3)4)14-25-23(24-7-2)26-19-12-13-22-27-21(16-31-5)28-30(22)15-19;/h8-11,19-20H,6-7,12-16H2,1-5H3,(H2,24,25,26);1H. The number of hydrogen-bond acceptors (Lipinski definition) is 5. The maximum atomic E-state index is 5.16. The van der Waals surface area contributed by atoms with Gasteiger partial charge in [0.1, 0.15) is 12.4 Å². The minimum absolute atomic E-state index is 0. The molecule has 2 aromatic rings. The van der Waals surface area contributed by atoms with E-state index in [0.29, 0.717) is 13.2 Å². The molecule has 178 valence electrons. The second-order valence-electron chi connectivity index (χ2n) is 8.23. The molecule has 0 radical (unpaired) electrons. The fraction of sp³-hybridized carbons (Fsp3) is 0.609. The van der Waals surface area contributed by atoms with Crippen molar-refractivity contribution < 1.29 is 4.74 Å². The van der Waals surface area contributed by atoms with Gasteiger partial charge >= 0.3 is 0 Å². The number of likely N-dealkylation sites (N-methyl/N-ethyl adjacent to an activating group) is 1. The normalized spacial score (nSPS) is 16.9. The number of methoxy groups -OCH3 is 1. The molecule has 2 N–H and O–H groups in total. The molecule has 1 aliphatic rings. The molecule has 8 nitrogen and oxygen atoms in total. The molecule has 0 amide bonds. The van der Waals surface area contributed by atoms with E-state index in [2.05, 4.69) is 77.8 Å². The zero-order chi connectivity index (χ0) is 22.2. The van der Waals surface area contributed by atoms with Gasteiger partial charge in [0.15, 0.2) is 11.8 Å². The van der Waals surface area contributed by atoms with Gasteiger partial charge in [0.2, 0.25) is 0 Å². The summed E-state index contributed by atoms with van der Waals surface area (Å²) in [5.41, 5.74) is 2.65. The molecule has 2 atom stereocenters. The molecule has 0 bridgehead atoms. The Morgan fingerprint density at radius 2 is 2.03 bits per heavy atom. The fourth-order valence-electron chi connectivity index (χ4n) is 3.90. The molecule has 1 aromatic carbocycles. The highest BCUT2D eigenvalue weighted by molar-refractivity contribution is 14.0. The van der Waals surface area contributed by atoms with Gasteiger partial charge in [-0.05, 0) is 45.0 Å². The molecule has 2 unspecified atom stereocenters. The summed E-state index contributed by atoms with van der Waals surface area (Å²) in [5, 5.41) is 11.6. The van der Waals surface area contributed by atoms with Crippen LogP contribution in [0, 0.1) is 0 Å². The van der Waals surface area contributed by atoms with E-state index in [0.717, 1.165) is 50.0 Å². The number of rotatable bonds is 9. The van der Waals surface area contributed by atoms with Gasteiger partial charge in [-0.1, -0.05) is 31.2 Å². The van der Waals surface area contributed by atoms with Gasteiger partial charge in [-0.2, -0.15) is 5.10 Å². The second-order valence-corrected chi connectivity index (χ2v) is 8.23. The maximum absolute atomic E-state index is 5.16. The Kier molecular flexibility index (Phi) is 10.9. The number of guanidine groups is 1. The van der Waals surface area contributed by atoms with Gasteiger partial charge in [-0.15, -0.1) is 24.0 Å². The van der Waals surface area contributed by atoms with Crippen molar-refractivity contribution in [3.8, 4) is 0 Å². The summed E-state index contributed by atoms with van der Waals surface area (Å²) in [6.45, 7) is 7.02. The zero-order valence-electron chi connectivity index (χ0n) is 20.0. The number of hydrogen-bond donors (Lipinski definition) is 2. The summed E-state index contributed by atoms with van der Waals surface area (Å²) in [4.78, 5) is 11.7. The molecule has 3 rings (SSSR count). The molecular formula is C23H38IN7O. The number of nitrogens with zero attached hydrogens (tertiary/aromatic N) is 5. The van der Waals surface area contributed by atoms with Gasteiger partial charge in [0.25, 0.3) is 0 Å². The molecule has 0 spiro atoms. The number of aliphatic imine (C=N–C) groups is 1. The van der Waals surface area contributed by atoms with Crippen molar-refractivity contribution in [2.45, 2.75) is 58.3 Å². The molecule has 0 aliphatic carbocycles. The van der Waals surface area contributed by atoms with Crippen LogP contribution < -0.4 is 10.6 Å². The van der Waals surface area contributed by atoms with Crippen LogP contribution in [0.25, 0.3) is 0 Å². The van der Waals surface area contributed by atoms with Crippen LogP contribution in [0.5, 0.6) is 0 Å². The monoisotopic (exact) mass is 555 g/mol. The summed E-state index contributed by atoms with van der Waals surface area (Å²) in [7, 11) is 5.89. The summed E-state index contributed by atoms with van der Waals surface area (Å²) in [6.07, 6.45) is 2.96. The van der Waals surface area contributed by atoms with Crippen LogP contribution in [0.4, 0.5) is 0 Å². The molecule has 2 heterocycles. The number of aromatic nitrogens is 3. The van der Waals surface area contributed by atoms with Crippen LogP contribution in [-0.4, -0.2) is 66.0 Å². The van der Waals surface area contributed by atoms with Crippen molar-refractivity contribution >= 4 is 29.9 Å². The van der Waals surface area contributed by atoms with E-state index < -0.39 is 0 Å². The highest BCUT2D eigenvalue weighted by Gasteiger charge is 2.23. The van der Waals surface area contributed by atoms with E-state index in [-0.39, 0.29) is 36.1 Å². The molecule has 32 heavy (non-hydrogen) atoms. The second kappa shape index (κ2) is 13.1. The van der Waals surface area contributed by atoms with E-state index in [9.17, 15) is 0 Å². The first-order valence-corrected chi connectivity index (χ1v) is 11.3. The number of fused-ring (bicyclic) bond motifs is 1. The summed E-state index contributed by atoms with van der Waals surface area (Å²) in [6, 6.07) is 9.38. The minimum atomic E-state index is 0. The third-order valence-electron chi connectivity index (χ3n) is 5.68. The van der Waals surface area contributed by atoms with Crippen molar-refractivity contribution in [1.82, 2.24) is 30.3 Å². The minimum Gasteiger partial charge on any atom is -0.377 e. The Morgan fingerprint density at radius 3 is 2.66 bits per heavy atom. The third kappa shape index (κ3) is 7.14. The highest BCUT2D eigenvalue weighted by Crippen LogP contribution is 2.20. The van der Waals surface area contributed by atoms with Crippen molar-refractivity contribution in [2.75, 3.05) is 34.3 Å². The van der Waals surface area contributed by atoms with Crippen molar-refractivity contribution in [3.63, 3.8) is 0 Å². The number of ether oxygens (including phenoxy) is 1. The Hall–Kier alpha value is -1.72. The molecular weight excluding hydrogens is 517 g/mol. The molecule has 0 saturated heterocycles. The average Bonchev–Trinajstić information content (AvgIpc) is 3.16. The topological polar surface area (TPSA) is 79.6 Å². The van der Waals surface area contributed by atoms with E-state index in [1.807, 2.05) is 4.68 Å². The van der Waals surface area contributed by atoms with Crippen molar-refractivity contribution in [1.29, 1.82) is 0 Å². The number of nitrogens with one attached hydrogen (secondary N) is 2. The Labute approximate surface area is 209 Å². The first-order chi connectivity index (χ1) is 15.0. The van der Waals surface area contributed by atoms with Crippen molar-refractivity contribution in [3.05, 3.63) is 47.0 Å². The summed E-state index contributed by atoms with van der Waals surface area (Å²) in [5.74, 6) is 2.64. The predicted octanol–water partition coefficient (Wildman–Crippen LogP) is 2.78. The lowest BCUT2D eigenvalue weighted by Crippen LogP contribution is -2.47. The van der Waals surface area contributed by atoms with E-state index in [1.54, 1.807) is 7.11 Å². The summed E-state index contributed by atoms with van der Waals surface area (Å²) < 4.78 is 7.16. The van der Waals surface area contributed by atoms with Gasteiger partial charge < -0.3 is 20.3 Å². The van der Waals surface area contributed by atoms with Crippen LogP contribution >= 0.6 is 24.0 Å². The van der Waals surface area contributed by atoms with E-state index in [4.69, 9.17) is 9.73 Å². The number of benzene rings is 1. The van der Waals surface area contributed by atoms with Crippen molar-refractivity contribution in [2.24, 2.45) is 4.99 Å². The first kappa shape index (κ1) is 26.5. The van der Waals surface area contributed by atoms with Gasteiger partial charge in [-0.25, -0.2) is 9.67 Å². The van der Waals surface area contributed by atoms with Gasteiger partial charge in [0.05, 0.1) is 19.1 Å². The molecule has 0 saturated carbocycles. The summed E-state index contributed by atoms with van der Waals surface area (Å²) >= 11 is 0. The number of halogens is 1. The SMILES string of the molecule is CCNC(=NCC(c1ccc(CC)cc1)N(C)C)NC1CCc2nc(COC)nn2C1.I. The molecule has 9 heteroatoms. The smallest absolute Gasteiger partial charge is 0.191 e. The van der Waals surface area contributed by atoms with Gasteiger partial charge in [0, 0.05) is 26.1 Å². The van der Waals surface area contributed by atoms with Gasteiger partial charge in [-0.3, -0.25) is 4.99 Å². The van der Waals surface area contributed by atoms with Crippen LogP contribution in [0.2, 0.25) is 0 Å². The number of aryl methyl sites for hydroxylation is 2. The highest BCUT2D eigenvalue weighted by atomic mass is 127. The third-order valence-corrected chi connectivity index (χ3v) is 5.68. The largest absolute Gasteiger partial charge is 0.377 e. The Morgan fingerprint density at radius 1 is 1.28 bits per heavy atom. The predicted molar refractivity (Wildman–Crippen MR) is 140 cm³/mol.